The van der Waals surface area contributed by atoms with Crippen LogP contribution in [0.5, 0.6) is 0 Å². The first-order valence-electron chi connectivity index (χ1n) is 5.79. The summed E-state index contributed by atoms with van der Waals surface area (Å²) in [5.74, 6) is 0.837. The van der Waals surface area contributed by atoms with Crippen LogP contribution in [0.3, 0.4) is 0 Å². The second-order valence-electron chi connectivity index (χ2n) is 4.17. The third-order valence-electron chi connectivity index (χ3n) is 2.97. The lowest BCUT2D eigenvalue weighted by atomic mass is 10.1. The van der Waals surface area contributed by atoms with E-state index in [1.807, 2.05) is 43.4 Å². The van der Waals surface area contributed by atoms with Crippen molar-refractivity contribution in [3.05, 3.63) is 56.4 Å². The fourth-order valence-corrected chi connectivity index (χ4v) is 3.50. The molecule has 0 aliphatic rings. The van der Waals surface area contributed by atoms with Gasteiger partial charge in [0.05, 0.1) is 9.36 Å². The smallest absolute Gasteiger partial charge is 0.152 e. The minimum atomic E-state index is -0.0130. The van der Waals surface area contributed by atoms with Crippen molar-refractivity contribution in [1.82, 2.24) is 5.32 Å². The molecule has 0 amide bonds. The summed E-state index contributed by atoms with van der Waals surface area (Å²) in [5.41, 5.74) is 0.724. The molecular formula is C14H11Cl2NOS. The van der Waals surface area contributed by atoms with Gasteiger partial charge >= 0.3 is 0 Å². The van der Waals surface area contributed by atoms with Gasteiger partial charge in [0, 0.05) is 10.3 Å². The number of hydrogen-bond acceptors (Lipinski definition) is 3. The van der Waals surface area contributed by atoms with Crippen LogP contribution in [0.4, 0.5) is 0 Å². The molecule has 2 aromatic heterocycles. The molecule has 0 bridgehead atoms. The Labute approximate surface area is 124 Å². The van der Waals surface area contributed by atoms with Crippen LogP contribution >= 0.6 is 34.5 Å². The average molecular weight is 312 g/mol. The molecule has 1 N–H and O–H groups in total. The van der Waals surface area contributed by atoms with Crippen LogP contribution in [0.1, 0.15) is 16.7 Å². The third kappa shape index (κ3) is 2.39. The highest BCUT2D eigenvalue weighted by Crippen LogP contribution is 2.35. The van der Waals surface area contributed by atoms with Crippen molar-refractivity contribution in [2.75, 3.05) is 7.05 Å². The summed E-state index contributed by atoms with van der Waals surface area (Å²) in [4.78, 5) is 1.11. The number of fused-ring (bicyclic) bond motifs is 1. The Bertz CT molecular complexity index is 719. The fraction of sp³-hybridized carbons (Fsp3) is 0.143. The summed E-state index contributed by atoms with van der Waals surface area (Å²) >= 11 is 13.7. The molecule has 0 saturated heterocycles. The second kappa shape index (κ2) is 5.17. The van der Waals surface area contributed by atoms with Gasteiger partial charge in [-0.05, 0) is 31.3 Å². The highest BCUT2D eigenvalue weighted by Gasteiger charge is 2.19. The molecule has 0 aliphatic heterocycles. The zero-order valence-corrected chi connectivity index (χ0v) is 12.4. The van der Waals surface area contributed by atoms with Crippen molar-refractivity contribution < 1.29 is 4.42 Å². The number of thiophene rings is 1. The van der Waals surface area contributed by atoms with Gasteiger partial charge in [-0.25, -0.2) is 0 Å². The van der Waals surface area contributed by atoms with E-state index in [4.69, 9.17) is 27.6 Å². The van der Waals surface area contributed by atoms with Crippen molar-refractivity contribution >= 4 is 45.5 Å². The van der Waals surface area contributed by atoms with E-state index in [-0.39, 0.29) is 6.04 Å². The minimum absolute atomic E-state index is 0.0130. The van der Waals surface area contributed by atoms with Crippen LogP contribution < -0.4 is 5.32 Å². The van der Waals surface area contributed by atoms with Crippen LogP contribution in [-0.4, -0.2) is 7.05 Å². The standard InChI is InChI=1S/C14H11Cl2NOS/c1-17-13(11-5-6-12(16)19-11)10-7-8-3-2-4-9(15)14(8)18-10/h2-7,13,17H,1H3. The third-order valence-corrected chi connectivity index (χ3v) is 4.56. The second-order valence-corrected chi connectivity index (χ2v) is 6.32. The van der Waals surface area contributed by atoms with E-state index >= 15 is 0 Å². The maximum atomic E-state index is 6.14. The van der Waals surface area contributed by atoms with Gasteiger partial charge < -0.3 is 9.73 Å². The minimum Gasteiger partial charge on any atom is -0.457 e. The molecule has 0 aliphatic carbocycles. The van der Waals surface area contributed by atoms with E-state index in [0.29, 0.717) is 5.02 Å². The molecule has 1 aromatic carbocycles. The summed E-state index contributed by atoms with van der Waals surface area (Å²) in [6.45, 7) is 0. The monoisotopic (exact) mass is 311 g/mol. The largest absolute Gasteiger partial charge is 0.457 e. The topological polar surface area (TPSA) is 25.2 Å². The molecule has 0 radical (unpaired) electrons. The molecule has 0 fully saturated rings. The number of nitrogens with one attached hydrogen (secondary N) is 1. The van der Waals surface area contributed by atoms with Gasteiger partial charge in [0.25, 0.3) is 0 Å². The summed E-state index contributed by atoms with van der Waals surface area (Å²) < 4.78 is 6.65. The summed E-state index contributed by atoms with van der Waals surface area (Å²) in [7, 11) is 1.90. The number of benzene rings is 1. The lowest BCUT2D eigenvalue weighted by Crippen LogP contribution is -2.15. The number of para-hydroxylation sites is 1. The van der Waals surface area contributed by atoms with Crippen LogP contribution in [0, 0.1) is 0 Å². The summed E-state index contributed by atoms with van der Waals surface area (Å²) in [5, 5.41) is 4.88. The van der Waals surface area contributed by atoms with Gasteiger partial charge in [0.15, 0.2) is 5.58 Å². The molecule has 0 spiro atoms. The lowest BCUT2D eigenvalue weighted by molar-refractivity contribution is 0.495. The molecule has 3 aromatic rings. The Morgan fingerprint density at radius 1 is 1.21 bits per heavy atom. The van der Waals surface area contributed by atoms with Gasteiger partial charge in [0.1, 0.15) is 11.8 Å². The molecule has 98 valence electrons. The summed E-state index contributed by atoms with van der Waals surface area (Å²) in [6, 6.07) is 11.6. The lowest BCUT2D eigenvalue weighted by Gasteiger charge is -2.10. The quantitative estimate of drug-likeness (QED) is 0.727. The predicted octanol–water partition coefficient (Wildman–Crippen LogP) is 5.11. The van der Waals surface area contributed by atoms with E-state index < -0.39 is 0 Å². The highest BCUT2D eigenvalue weighted by molar-refractivity contribution is 7.16. The summed E-state index contributed by atoms with van der Waals surface area (Å²) in [6.07, 6.45) is 0. The van der Waals surface area contributed by atoms with Crippen LogP contribution in [-0.2, 0) is 0 Å². The van der Waals surface area contributed by atoms with E-state index in [2.05, 4.69) is 5.32 Å². The Morgan fingerprint density at radius 2 is 2.05 bits per heavy atom. The van der Waals surface area contributed by atoms with Gasteiger partial charge in [0.2, 0.25) is 0 Å². The number of hydrogen-bond donors (Lipinski definition) is 1. The molecule has 1 atom stereocenters. The van der Waals surface area contributed by atoms with Gasteiger partial charge in [-0.1, -0.05) is 35.3 Å². The number of furan rings is 1. The molecule has 2 nitrogen and oxygen atoms in total. The zero-order valence-electron chi connectivity index (χ0n) is 10.1. The first-order chi connectivity index (χ1) is 9.19. The van der Waals surface area contributed by atoms with Crippen molar-refractivity contribution in [3.63, 3.8) is 0 Å². The Kier molecular flexibility index (Phi) is 3.54. The van der Waals surface area contributed by atoms with E-state index in [1.54, 1.807) is 0 Å². The Hall–Kier alpha value is -1.000. The fourth-order valence-electron chi connectivity index (χ4n) is 2.10. The van der Waals surface area contributed by atoms with E-state index in [0.717, 1.165) is 25.9 Å². The Morgan fingerprint density at radius 3 is 2.68 bits per heavy atom. The highest BCUT2D eigenvalue weighted by atomic mass is 35.5. The average Bonchev–Trinajstić information content (AvgIpc) is 2.98. The van der Waals surface area contributed by atoms with Crippen molar-refractivity contribution in [2.45, 2.75) is 6.04 Å². The normalized spacial score (nSPS) is 13.0. The zero-order chi connectivity index (χ0) is 13.4. The molecule has 5 heteroatoms. The molecule has 1 unspecified atom stereocenters. The van der Waals surface area contributed by atoms with Gasteiger partial charge in [-0.2, -0.15) is 0 Å². The first kappa shape index (κ1) is 13.0. The van der Waals surface area contributed by atoms with Crippen LogP contribution in [0.25, 0.3) is 11.0 Å². The van der Waals surface area contributed by atoms with Crippen LogP contribution in [0.15, 0.2) is 40.8 Å². The molecule has 3 rings (SSSR count). The van der Waals surface area contributed by atoms with Gasteiger partial charge in [-0.3, -0.25) is 0 Å². The predicted molar refractivity (Wildman–Crippen MR) is 81.5 cm³/mol. The van der Waals surface area contributed by atoms with Crippen LogP contribution in [0.2, 0.25) is 9.36 Å². The van der Waals surface area contributed by atoms with Crippen molar-refractivity contribution in [2.24, 2.45) is 0 Å². The molecule has 2 heterocycles. The van der Waals surface area contributed by atoms with E-state index in [1.165, 1.54) is 11.3 Å². The number of rotatable bonds is 3. The molecule has 19 heavy (non-hydrogen) atoms. The Balaban J connectivity index is 2.09. The first-order valence-corrected chi connectivity index (χ1v) is 7.36. The van der Waals surface area contributed by atoms with Crippen molar-refractivity contribution in [3.8, 4) is 0 Å². The van der Waals surface area contributed by atoms with Crippen molar-refractivity contribution in [1.29, 1.82) is 0 Å². The maximum absolute atomic E-state index is 6.14. The number of halogens is 2. The molecular weight excluding hydrogens is 301 g/mol. The maximum Gasteiger partial charge on any atom is 0.152 e. The molecule has 0 saturated carbocycles. The van der Waals surface area contributed by atoms with E-state index in [9.17, 15) is 0 Å². The SMILES string of the molecule is CNC(c1cc2cccc(Cl)c2o1)c1ccc(Cl)s1. The van der Waals surface area contributed by atoms with Gasteiger partial charge in [-0.15, -0.1) is 11.3 Å².